The summed E-state index contributed by atoms with van der Waals surface area (Å²) < 4.78 is 0. The van der Waals surface area contributed by atoms with E-state index in [2.05, 4.69) is 43.9 Å². The fraction of sp³-hybridized carbons (Fsp3) is 0.750. The van der Waals surface area contributed by atoms with Crippen molar-refractivity contribution in [1.82, 2.24) is 0 Å². The highest BCUT2D eigenvalue weighted by atomic mass is 14.3. The molecule has 0 nitrogen and oxygen atoms in total. The summed E-state index contributed by atoms with van der Waals surface area (Å²) in [4.78, 5) is 0. The van der Waals surface area contributed by atoms with E-state index in [9.17, 15) is 0 Å². The van der Waals surface area contributed by atoms with Crippen LogP contribution in [-0.4, -0.2) is 0 Å². The van der Waals surface area contributed by atoms with Gasteiger partial charge in [0.05, 0.1) is 0 Å². The van der Waals surface area contributed by atoms with Crippen molar-refractivity contribution in [3.8, 4) is 0 Å². The quantitative estimate of drug-likeness (QED) is 0.378. The van der Waals surface area contributed by atoms with Crippen LogP contribution in [0.5, 0.6) is 0 Å². The van der Waals surface area contributed by atoms with Crippen LogP contribution in [0.1, 0.15) is 90.4 Å². The van der Waals surface area contributed by atoms with Crippen molar-refractivity contribution in [2.75, 3.05) is 0 Å². The van der Waals surface area contributed by atoms with Crippen LogP contribution in [0.2, 0.25) is 0 Å². The van der Waals surface area contributed by atoms with Crippen LogP contribution >= 0.6 is 0 Å². The third-order valence-corrected chi connectivity index (χ3v) is 6.36. The van der Waals surface area contributed by atoms with Crippen LogP contribution in [-0.2, 0) is 0 Å². The van der Waals surface area contributed by atoms with Gasteiger partial charge in [0.1, 0.15) is 0 Å². The lowest BCUT2D eigenvalue weighted by atomic mass is 9.79. The van der Waals surface area contributed by atoms with Crippen molar-refractivity contribution in [2.24, 2.45) is 23.7 Å². The van der Waals surface area contributed by atoms with Gasteiger partial charge in [-0.15, -0.1) is 6.58 Å². The molecule has 0 atom stereocenters. The third-order valence-electron chi connectivity index (χ3n) is 6.36. The smallest absolute Gasteiger partial charge is 0.0233 e. The summed E-state index contributed by atoms with van der Waals surface area (Å²) in [6, 6.07) is 0. The van der Waals surface area contributed by atoms with E-state index in [0.29, 0.717) is 0 Å². The Hall–Kier alpha value is -0.780. The Kier molecular flexibility index (Phi) is 9.54. The maximum Gasteiger partial charge on any atom is -0.0233 e. The molecule has 0 aromatic carbocycles. The monoisotopic (exact) mass is 328 g/mol. The largest absolute Gasteiger partial charge is 0.103 e. The number of allylic oxidation sites excluding steroid dienone is 5. The minimum atomic E-state index is 0.875. The molecule has 0 unspecified atom stereocenters. The topological polar surface area (TPSA) is 0 Å². The average Bonchev–Trinajstić information content (AvgIpc) is 2.64. The molecule has 0 bridgehead atoms. The first kappa shape index (κ1) is 19.5. The molecule has 24 heavy (non-hydrogen) atoms. The Labute approximate surface area is 151 Å². The molecule has 2 rings (SSSR count). The molecule has 0 N–H and O–H groups in total. The van der Waals surface area contributed by atoms with Gasteiger partial charge in [-0.1, -0.05) is 37.3 Å². The molecule has 2 aliphatic carbocycles. The van der Waals surface area contributed by atoms with Gasteiger partial charge in [0.25, 0.3) is 0 Å². The lowest BCUT2D eigenvalue weighted by molar-refractivity contribution is 0.293. The third kappa shape index (κ3) is 7.41. The second-order valence-corrected chi connectivity index (χ2v) is 8.27. The Morgan fingerprint density at radius 2 is 1.21 bits per heavy atom. The van der Waals surface area contributed by atoms with Crippen molar-refractivity contribution in [3.05, 3.63) is 37.0 Å². The Morgan fingerprint density at radius 3 is 1.71 bits per heavy atom. The zero-order chi connectivity index (χ0) is 17.0. The lowest BCUT2D eigenvalue weighted by Crippen LogP contribution is -2.13. The highest BCUT2D eigenvalue weighted by Crippen LogP contribution is 2.34. The highest BCUT2D eigenvalue weighted by Gasteiger charge is 2.20. The van der Waals surface area contributed by atoms with Gasteiger partial charge in [0, 0.05) is 0 Å². The van der Waals surface area contributed by atoms with E-state index >= 15 is 0 Å². The highest BCUT2D eigenvalue weighted by molar-refractivity contribution is 4.93. The molecule has 0 aromatic heterocycles. The molecule has 136 valence electrons. The molecule has 0 aliphatic heterocycles. The van der Waals surface area contributed by atoms with Gasteiger partial charge in [0.15, 0.2) is 0 Å². The van der Waals surface area contributed by atoms with Gasteiger partial charge >= 0.3 is 0 Å². The zero-order valence-electron chi connectivity index (χ0n) is 16.1. The fourth-order valence-electron chi connectivity index (χ4n) is 4.64. The number of rotatable bonds is 9. The fourth-order valence-corrected chi connectivity index (χ4v) is 4.64. The second kappa shape index (κ2) is 11.7. The maximum absolute atomic E-state index is 3.85. The van der Waals surface area contributed by atoms with E-state index < -0.39 is 0 Å². The summed E-state index contributed by atoms with van der Waals surface area (Å²) in [7, 11) is 0. The molecule has 0 radical (unpaired) electrons. The molecule has 2 aliphatic rings. The van der Waals surface area contributed by atoms with Crippen molar-refractivity contribution in [1.29, 1.82) is 0 Å². The van der Waals surface area contributed by atoms with E-state index in [1.165, 1.54) is 83.5 Å². The summed E-state index contributed by atoms with van der Waals surface area (Å²) in [6.07, 6.45) is 30.0. The van der Waals surface area contributed by atoms with E-state index in [4.69, 9.17) is 0 Å². The van der Waals surface area contributed by atoms with Crippen LogP contribution in [0.15, 0.2) is 37.0 Å². The van der Waals surface area contributed by atoms with Crippen LogP contribution in [0.25, 0.3) is 0 Å². The molecule has 0 heterocycles. The molecule has 0 amide bonds. The van der Waals surface area contributed by atoms with Crippen molar-refractivity contribution < 1.29 is 0 Å². The van der Waals surface area contributed by atoms with E-state index in [1.54, 1.807) is 0 Å². The van der Waals surface area contributed by atoms with E-state index in [-0.39, 0.29) is 0 Å². The van der Waals surface area contributed by atoms with Crippen molar-refractivity contribution in [2.45, 2.75) is 90.4 Å². The van der Waals surface area contributed by atoms with Gasteiger partial charge in [-0.2, -0.15) is 0 Å². The summed E-state index contributed by atoms with van der Waals surface area (Å²) in [6.45, 7) is 6.09. The molecular formula is C24H40. The predicted octanol–water partition coefficient (Wildman–Crippen LogP) is 7.87. The number of hydrogen-bond acceptors (Lipinski definition) is 0. The molecule has 0 saturated heterocycles. The summed E-state index contributed by atoms with van der Waals surface area (Å²) in [5.41, 5.74) is 0. The number of hydrogen-bond donors (Lipinski definition) is 0. The summed E-state index contributed by atoms with van der Waals surface area (Å²) in [5, 5.41) is 0. The first-order chi connectivity index (χ1) is 11.8. The minimum absolute atomic E-state index is 0.875. The zero-order valence-corrected chi connectivity index (χ0v) is 16.1. The maximum atomic E-state index is 3.85. The standard InChI is InChI=1S/C24H40/c1-3-5-9-21-13-17-23(18-14-21)11-7-8-12-24-19-15-22(16-20-24)10-6-4-2/h3,6-7,10-11,21-24H,1,4-5,8-9,12-20H2,2H3/b10-6+,11-7+. The molecule has 0 spiro atoms. The van der Waals surface area contributed by atoms with Crippen LogP contribution in [0.3, 0.4) is 0 Å². The van der Waals surface area contributed by atoms with Gasteiger partial charge < -0.3 is 0 Å². The van der Waals surface area contributed by atoms with Crippen molar-refractivity contribution >= 4 is 0 Å². The predicted molar refractivity (Wildman–Crippen MR) is 108 cm³/mol. The van der Waals surface area contributed by atoms with Crippen LogP contribution in [0.4, 0.5) is 0 Å². The molecule has 2 fully saturated rings. The SMILES string of the molecule is C=CCCC1CCC(/C=C/CCC2CCC(/C=C/CC)CC2)CC1. The lowest BCUT2D eigenvalue weighted by Gasteiger charge is -2.27. The Morgan fingerprint density at radius 1 is 0.708 bits per heavy atom. The first-order valence-electron chi connectivity index (χ1n) is 10.8. The average molecular weight is 329 g/mol. The summed E-state index contributed by atoms with van der Waals surface area (Å²) in [5.74, 6) is 3.73. The van der Waals surface area contributed by atoms with Crippen molar-refractivity contribution in [3.63, 3.8) is 0 Å². The Balaban J connectivity index is 1.54. The van der Waals surface area contributed by atoms with Gasteiger partial charge in [-0.25, -0.2) is 0 Å². The minimum Gasteiger partial charge on any atom is -0.103 e. The first-order valence-corrected chi connectivity index (χ1v) is 10.8. The van der Waals surface area contributed by atoms with E-state index in [1.807, 2.05) is 0 Å². The van der Waals surface area contributed by atoms with Gasteiger partial charge in [-0.3, -0.25) is 0 Å². The molecule has 2 saturated carbocycles. The normalized spacial score (nSPS) is 31.7. The second-order valence-electron chi connectivity index (χ2n) is 8.27. The molecule has 0 heteroatoms. The van der Waals surface area contributed by atoms with Gasteiger partial charge in [0.2, 0.25) is 0 Å². The van der Waals surface area contributed by atoms with Crippen LogP contribution < -0.4 is 0 Å². The molecule has 0 aromatic rings. The molecular weight excluding hydrogens is 288 g/mol. The summed E-state index contributed by atoms with van der Waals surface area (Å²) >= 11 is 0. The van der Waals surface area contributed by atoms with Crippen LogP contribution in [0, 0.1) is 23.7 Å². The van der Waals surface area contributed by atoms with Gasteiger partial charge in [-0.05, 0) is 107 Å². The van der Waals surface area contributed by atoms with E-state index in [0.717, 1.165) is 23.7 Å². The Bertz CT molecular complexity index is 373.